The summed E-state index contributed by atoms with van der Waals surface area (Å²) in [5, 5.41) is 23.2. The second kappa shape index (κ2) is 9.99. The number of rotatable bonds is 7. The lowest BCUT2D eigenvalue weighted by molar-refractivity contribution is -0.192. The standard InChI is InChI=1S/C7H11NO5S.C2HF3O2/c8-4(6(10)11)3-14-5(1-2-9)7(12)13;3-2(4,5)1(6)7/h2,4-5H,1,3,8H2,(H,10,11)(H,12,13);(H,6,7)/t4-,5?;/m0./s1. The van der Waals surface area contributed by atoms with Crippen molar-refractivity contribution in [2.24, 2.45) is 5.73 Å². The molecule has 1 unspecified atom stereocenters. The Bertz CT molecular complexity index is 388. The molecule has 0 aliphatic carbocycles. The highest BCUT2D eigenvalue weighted by atomic mass is 32.2. The van der Waals surface area contributed by atoms with E-state index in [1.165, 1.54) is 0 Å². The van der Waals surface area contributed by atoms with Crippen LogP contribution in [0.25, 0.3) is 0 Å². The van der Waals surface area contributed by atoms with E-state index in [9.17, 15) is 27.6 Å². The van der Waals surface area contributed by atoms with E-state index >= 15 is 0 Å². The predicted octanol–water partition coefficient (Wildman–Crippen LogP) is -0.193. The minimum atomic E-state index is -5.08. The molecule has 0 amide bonds. The molecule has 0 saturated heterocycles. The zero-order valence-electron chi connectivity index (χ0n) is 10.2. The Morgan fingerprint density at radius 1 is 1.14 bits per heavy atom. The summed E-state index contributed by atoms with van der Waals surface area (Å²) in [5.74, 6) is -5.11. The molecule has 0 saturated carbocycles. The number of carboxylic acid groups (broad SMARTS) is 3. The Morgan fingerprint density at radius 3 is 1.81 bits per heavy atom. The van der Waals surface area contributed by atoms with E-state index in [1.54, 1.807) is 0 Å². The van der Waals surface area contributed by atoms with Crippen LogP contribution in [0.2, 0.25) is 0 Å². The van der Waals surface area contributed by atoms with E-state index < -0.39 is 35.4 Å². The van der Waals surface area contributed by atoms with E-state index in [1.807, 2.05) is 0 Å². The van der Waals surface area contributed by atoms with Crippen molar-refractivity contribution < 1.29 is 47.7 Å². The summed E-state index contributed by atoms with van der Waals surface area (Å²) in [7, 11) is 0. The smallest absolute Gasteiger partial charge is 0.480 e. The molecule has 0 aliphatic heterocycles. The zero-order valence-corrected chi connectivity index (χ0v) is 11.1. The van der Waals surface area contributed by atoms with Gasteiger partial charge in [0.1, 0.15) is 17.6 Å². The highest BCUT2D eigenvalue weighted by molar-refractivity contribution is 8.00. The maximum absolute atomic E-state index is 10.6. The number of aliphatic carboxylic acids is 3. The van der Waals surface area contributed by atoms with Crippen molar-refractivity contribution in [3.63, 3.8) is 0 Å². The van der Waals surface area contributed by atoms with Crippen molar-refractivity contribution >= 4 is 36.0 Å². The van der Waals surface area contributed by atoms with Gasteiger partial charge in [-0.1, -0.05) is 0 Å². The number of alkyl halides is 3. The molecule has 0 bridgehead atoms. The van der Waals surface area contributed by atoms with Crippen molar-refractivity contribution in [3.05, 3.63) is 0 Å². The number of carbonyl (C=O) groups is 4. The number of aldehydes is 1. The van der Waals surface area contributed by atoms with Gasteiger partial charge in [0.05, 0.1) is 0 Å². The largest absolute Gasteiger partial charge is 0.490 e. The topological polar surface area (TPSA) is 155 Å². The van der Waals surface area contributed by atoms with Gasteiger partial charge in [0, 0.05) is 12.2 Å². The van der Waals surface area contributed by atoms with Gasteiger partial charge in [0.15, 0.2) is 0 Å². The maximum atomic E-state index is 10.6. The molecule has 8 nitrogen and oxygen atoms in total. The van der Waals surface area contributed by atoms with E-state index in [2.05, 4.69) is 0 Å². The van der Waals surface area contributed by atoms with Crippen LogP contribution < -0.4 is 5.73 Å². The first-order valence-corrected chi connectivity index (χ1v) is 6.04. The van der Waals surface area contributed by atoms with Crippen LogP contribution in [0.15, 0.2) is 0 Å². The first-order valence-electron chi connectivity index (χ1n) is 5.00. The summed E-state index contributed by atoms with van der Waals surface area (Å²) < 4.78 is 31.7. The summed E-state index contributed by atoms with van der Waals surface area (Å²) in [6.45, 7) is 0. The molecular weight excluding hydrogens is 323 g/mol. The molecule has 0 spiro atoms. The van der Waals surface area contributed by atoms with Gasteiger partial charge < -0.3 is 25.8 Å². The molecule has 0 aromatic heterocycles. The lowest BCUT2D eigenvalue weighted by Gasteiger charge is -2.10. The Hall–Kier alpha value is -1.82. The zero-order chi connectivity index (χ0) is 17.2. The van der Waals surface area contributed by atoms with Crippen molar-refractivity contribution in [3.8, 4) is 0 Å². The minimum absolute atomic E-state index is 0.0276. The van der Waals surface area contributed by atoms with Gasteiger partial charge in [0.2, 0.25) is 0 Å². The normalized spacial score (nSPS) is 13.3. The van der Waals surface area contributed by atoms with Crippen LogP contribution in [0, 0.1) is 0 Å². The van der Waals surface area contributed by atoms with Crippen LogP contribution in [0.1, 0.15) is 6.42 Å². The molecule has 12 heteroatoms. The van der Waals surface area contributed by atoms with Crippen molar-refractivity contribution in [1.82, 2.24) is 0 Å². The number of hydrogen-bond acceptors (Lipinski definition) is 6. The fraction of sp³-hybridized carbons (Fsp3) is 0.556. The summed E-state index contributed by atoms with van der Waals surface area (Å²) in [4.78, 5) is 39.8. The molecule has 0 aromatic carbocycles. The molecule has 0 fully saturated rings. The van der Waals surface area contributed by atoms with E-state index in [4.69, 9.17) is 25.8 Å². The Labute approximate surface area is 120 Å². The number of nitrogens with two attached hydrogens (primary N) is 1. The number of carboxylic acids is 3. The SMILES string of the molecule is N[C@@H](CSC(CC=O)C(=O)O)C(=O)O.O=C(O)C(F)(F)F. The van der Waals surface area contributed by atoms with Gasteiger partial charge in [-0.3, -0.25) is 9.59 Å². The van der Waals surface area contributed by atoms with Crippen molar-refractivity contribution in [1.29, 1.82) is 0 Å². The van der Waals surface area contributed by atoms with Crippen molar-refractivity contribution in [2.45, 2.75) is 23.9 Å². The van der Waals surface area contributed by atoms with Gasteiger partial charge in [-0.25, -0.2) is 4.79 Å². The van der Waals surface area contributed by atoms with Gasteiger partial charge in [-0.2, -0.15) is 13.2 Å². The molecule has 122 valence electrons. The summed E-state index contributed by atoms with van der Waals surface area (Å²) in [6.07, 6.45) is -4.75. The molecule has 21 heavy (non-hydrogen) atoms. The molecule has 5 N–H and O–H groups in total. The van der Waals surface area contributed by atoms with Crippen LogP contribution in [-0.4, -0.2) is 62.7 Å². The molecule has 0 heterocycles. The first kappa shape index (κ1) is 21.5. The quantitative estimate of drug-likeness (QED) is 0.463. The molecule has 0 aromatic rings. The fourth-order valence-electron chi connectivity index (χ4n) is 0.619. The number of carbonyl (C=O) groups excluding carboxylic acids is 1. The van der Waals surface area contributed by atoms with Crippen LogP contribution in [0.5, 0.6) is 0 Å². The number of thioether (sulfide) groups is 1. The molecule has 0 radical (unpaired) electrons. The van der Waals surface area contributed by atoms with E-state index in [0.29, 0.717) is 6.29 Å². The van der Waals surface area contributed by atoms with Crippen LogP contribution >= 0.6 is 11.8 Å². The molecular formula is C9H12F3NO7S. The molecule has 2 atom stereocenters. The fourth-order valence-corrected chi connectivity index (χ4v) is 1.56. The lowest BCUT2D eigenvalue weighted by Crippen LogP contribution is -2.34. The minimum Gasteiger partial charge on any atom is -0.480 e. The second-order valence-electron chi connectivity index (χ2n) is 3.31. The Balaban J connectivity index is 0. The van der Waals surface area contributed by atoms with Crippen LogP contribution in [0.3, 0.4) is 0 Å². The Morgan fingerprint density at radius 2 is 1.57 bits per heavy atom. The molecule has 0 rings (SSSR count). The summed E-state index contributed by atoms with van der Waals surface area (Å²) in [6, 6.07) is -1.10. The van der Waals surface area contributed by atoms with Crippen molar-refractivity contribution in [2.75, 3.05) is 5.75 Å². The van der Waals surface area contributed by atoms with Gasteiger partial charge in [-0.15, -0.1) is 11.8 Å². The predicted molar refractivity (Wildman–Crippen MR) is 63.9 cm³/mol. The average molecular weight is 335 g/mol. The lowest BCUT2D eigenvalue weighted by atomic mass is 10.3. The highest BCUT2D eigenvalue weighted by Gasteiger charge is 2.38. The van der Waals surface area contributed by atoms with E-state index in [0.717, 1.165) is 11.8 Å². The van der Waals surface area contributed by atoms with E-state index in [-0.39, 0.29) is 12.2 Å². The second-order valence-corrected chi connectivity index (χ2v) is 4.55. The third-order valence-corrected chi connectivity index (χ3v) is 2.97. The maximum Gasteiger partial charge on any atom is 0.490 e. The number of halogens is 3. The highest BCUT2D eigenvalue weighted by Crippen LogP contribution is 2.14. The first-order chi connectivity index (χ1) is 9.43. The van der Waals surface area contributed by atoms with Gasteiger partial charge in [0.25, 0.3) is 0 Å². The van der Waals surface area contributed by atoms with Crippen LogP contribution in [-0.2, 0) is 19.2 Å². The van der Waals surface area contributed by atoms with Gasteiger partial charge in [-0.05, 0) is 0 Å². The van der Waals surface area contributed by atoms with Crippen LogP contribution in [0.4, 0.5) is 13.2 Å². The van der Waals surface area contributed by atoms with Gasteiger partial charge >= 0.3 is 24.1 Å². The number of hydrogen-bond donors (Lipinski definition) is 4. The summed E-state index contributed by atoms with van der Waals surface area (Å²) >= 11 is 0.854. The molecule has 0 aliphatic rings. The summed E-state index contributed by atoms with van der Waals surface area (Å²) in [5.41, 5.74) is 5.16. The third kappa shape index (κ3) is 11.7. The average Bonchev–Trinajstić information content (AvgIpc) is 2.32. The third-order valence-electron chi connectivity index (χ3n) is 1.62. The Kier molecular flexibility index (Phi) is 10.2. The monoisotopic (exact) mass is 335 g/mol.